The highest BCUT2D eigenvalue weighted by Crippen LogP contribution is 2.65. The monoisotopic (exact) mass is 769 g/mol. The number of methoxy groups -OCH3 is 1. The van der Waals surface area contributed by atoms with E-state index in [0.717, 1.165) is 17.0 Å². The second kappa shape index (κ2) is 13.2. The first-order valence-corrected chi connectivity index (χ1v) is 18.5. The second-order valence-corrected chi connectivity index (χ2v) is 15.2. The van der Waals surface area contributed by atoms with Crippen LogP contribution >= 0.6 is 34.8 Å². The lowest BCUT2D eigenvalue weighted by atomic mass is 9.49. The molecule has 2 aliphatic carbocycles. The highest BCUT2D eigenvalue weighted by Gasteiger charge is 2.70. The topological polar surface area (TPSA) is 116 Å². The standard InChI is InChI=1S/C41H34Cl3N3O6/c1-3-21-4-10-25(11-5-21)46-37(49)28-15-14-27-29(35(28)39(46)51)20-31-38(50)47(45-33-16-8-24(43)19-32(33)44)40(52)41(31,22-6-12-26(53-2)13-7-22)36(27)30-18-23(42)9-17-34(30)48/h4-14,16-19,28-29,31,35-36,45,48H,3,15,20H2,1-2H3/t28-,29+,31-,35-,36+,41+/m0/s1. The lowest BCUT2D eigenvalue weighted by molar-refractivity contribution is -0.138. The second-order valence-electron chi connectivity index (χ2n) is 13.9. The number of benzene rings is 4. The van der Waals surface area contributed by atoms with Crippen LogP contribution in [0.2, 0.25) is 15.1 Å². The van der Waals surface area contributed by atoms with Crippen LogP contribution < -0.4 is 15.1 Å². The molecular weight excluding hydrogens is 737 g/mol. The van der Waals surface area contributed by atoms with Gasteiger partial charge in [-0.25, -0.2) is 0 Å². The molecule has 1 saturated carbocycles. The number of aromatic hydroxyl groups is 1. The average molecular weight is 771 g/mol. The Balaban J connectivity index is 1.33. The van der Waals surface area contributed by atoms with E-state index >= 15 is 4.79 Å². The summed E-state index contributed by atoms with van der Waals surface area (Å²) >= 11 is 19.3. The van der Waals surface area contributed by atoms with Crippen LogP contribution in [0.15, 0.2) is 96.6 Å². The van der Waals surface area contributed by atoms with E-state index in [0.29, 0.717) is 38.2 Å². The SMILES string of the molecule is CCc1ccc(N2C(=O)[C@H]3[C@H](CC=C4[C@H]3C[C@H]3C(=O)N(Nc5ccc(Cl)cc5Cl)C(=O)[C@@]3(c3ccc(OC)cc3)[C@H]4c3cc(Cl)ccc3O)C2=O)cc1. The number of ether oxygens (including phenoxy) is 1. The molecule has 2 heterocycles. The predicted molar refractivity (Wildman–Crippen MR) is 202 cm³/mol. The van der Waals surface area contributed by atoms with E-state index in [1.54, 1.807) is 60.7 Å². The van der Waals surface area contributed by atoms with Crippen molar-refractivity contribution in [1.82, 2.24) is 5.01 Å². The van der Waals surface area contributed by atoms with Crippen molar-refractivity contribution in [1.29, 1.82) is 0 Å². The van der Waals surface area contributed by atoms with Crippen molar-refractivity contribution in [2.75, 3.05) is 17.4 Å². The summed E-state index contributed by atoms with van der Waals surface area (Å²) in [6.45, 7) is 2.03. The summed E-state index contributed by atoms with van der Waals surface area (Å²) in [5.74, 6) is -5.49. The minimum atomic E-state index is -1.63. The number of halogens is 3. The molecule has 2 aliphatic heterocycles. The van der Waals surface area contributed by atoms with Crippen LogP contribution in [-0.4, -0.2) is 40.9 Å². The van der Waals surface area contributed by atoms with E-state index in [1.165, 1.54) is 24.1 Å². The number of hydrazine groups is 1. The number of hydrogen-bond acceptors (Lipinski definition) is 7. The zero-order chi connectivity index (χ0) is 37.3. The fraction of sp³-hybridized carbons (Fsp3) is 0.268. The Morgan fingerprint density at radius 2 is 1.55 bits per heavy atom. The maximum atomic E-state index is 15.4. The van der Waals surface area contributed by atoms with Crippen LogP contribution in [0.25, 0.3) is 0 Å². The van der Waals surface area contributed by atoms with Crippen LogP contribution in [-0.2, 0) is 31.0 Å². The van der Waals surface area contributed by atoms with Crippen LogP contribution in [0, 0.1) is 23.7 Å². The first-order valence-electron chi connectivity index (χ1n) is 17.4. The summed E-state index contributed by atoms with van der Waals surface area (Å²) < 4.78 is 5.45. The van der Waals surface area contributed by atoms with Crippen LogP contribution in [0.4, 0.5) is 11.4 Å². The smallest absolute Gasteiger partial charge is 0.260 e. The summed E-state index contributed by atoms with van der Waals surface area (Å²) in [6, 6.07) is 23.6. The van der Waals surface area contributed by atoms with Gasteiger partial charge in [-0.15, -0.1) is 0 Å². The summed E-state index contributed by atoms with van der Waals surface area (Å²) in [5.41, 5.74) is 4.70. The molecule has 6 atom stereocenters. The van der Waals surface area contributed by atoms with Gasteiger partial charge in [-0.1, -0.05) is 77.6 Å². The highest BCUT2D eigenvalue weighted by molar-refractivity contribution is 6.36. The van der Waals surface area contributed by atoms with E-state index < -0.39 is 46.8 Å². The number of anilines is 2. The zero-order valence-electron chi connectivity index (χ0n) is 28.7. The van der Waals surface area contributed by atoms with E-state index in [9.17, 15) is 19.5 Å². The van der Waals surface area contributed by atoms with Gasteiger partial charge in [0.05, 0.1) is 46.7 Å². The van der Waals surface area contributed by atoms with E-state index in [-0.39, 0.29) is 41.1 Å². The molecule has 2 N–H and O–H groups in total. The first-order chi connectivity index (χ1) is 25.5. The Morgan fingerprint density at radius 3 is 2.23 bits per heavy atom. The molecule has 0 unspecified atom stereocenters. The molecule has 270 valence electrons. The van der Waals surface area contributed by atoms with Crippen molar-refractivity contribution in [3.8, 4) is 11.5 Å². The Hall–Kier alpha value is -4.83. The molecule has 4 amide bonds. The number of carbonyl (C=O) groups is 4. The van der Waals surface area contributed by atoms with Gasteiger partial charge in [0, 0.05) is 21.5 Å². The predicted octanol–water partition coefficient (Wildman–Crippen LogP) is 8.11. The third-order valence-electron chi connectivity index (χ3n) is 11.5. The number of amides is 4. The van der Waals surface area contributed by atoms with Crippen LogP contribution in [0.5, 0.6) is 11.5 Å². The number of imide groups is 2. The van der Waals surface area contributed by atoms with Crippen LogP contribution in [0.3, 0.4) is 0 Å². The zero-order valence-corrected chi connectivity index (χ0v) is 31.0. The Morgan fingerprint density at radius 1 is 0.849 bits per heavy atom. The molecule has 2 saturated heterocycles. The van der Waals surface area contributed by atoms with Gasteiger partial charge in [0.15, 0.2) is 0 Å². The van der Waals surface area contributed by atoms with Gasteiger partial charge in [-0.2, -0.15) is 5.01 Å². The largest absolute Gasteiger partial charge is 0.508 e. The Bertz CT molecular complexity index is 2220. The number of nitrogens with zero attached hydrogens (tertiary/aromatic N) is 2. The first kappa shape index (κ1) is 35.2. The molecule has 53 heavy (non-hydrogen) atoms. The minimum Gasteiger partial charge on any atom is -0.508 e. The summed E-state index contributed by atoms with van der Waals surface area (Å²) in [5, 5.41) is 13.4. The molecule has 9 nitrogen and oxygen atoms in total. The lowest BCUT2D eigenvalue weighted by Gasteiger charge is -2.50. The number of carbonyl (C=O) groups excluding carboxylic acids is 4. The normalized spacial score (nSPS) is 26.3. The van der Waals surface area contributed by atoms with E-state index in [4.69, 9.17) is 39.5 Å². The van der Waals surface area contributed by atoms with Gasteiger partial charge < -0.3 is 9.84 Å². The fourth-order valence-corrected chi connectivity index (χ4v) is 9.71. The number of allylic oxidation sites excluding steroid dienone is 2. The maximum Gasteiger partial charge on any atom is 0.260 e. The number of rotatable bonds is 7. The third kappa shape index (κ3) is 5.35. The van der Waals surface area contributed by atoms with Crippen molar-refractivity contribution in [2.24, 2.45) is 23.7 Å². The number of fused-ring (bicyclic) bond motifs is 4. The molecule has 8 rings (SSSR count). The van der Waals surface area contributed by atoms with Crippen molar-refractivity contribution in [3.05, 3.63) is 128 Å². The number of phenolic OH excluding ortho intramolecular Hbond substituents is 1. The van der Waals surface area contributed by atoms with Gasteiger partial charge in [-0.3, -0.25) is 29.5 Å². The molecule has 0 spiro atoms. The van der Waals surface area contributed by atoms with Gasteiger partial charge in [0.25, 0.3) is 11.8 Å². The molecule has 0 radical (unpaired) electrons. The van der Waals surface area contributed by atoms with E-state index in [2.05, 4.69) is 5.43 Å². The van der Waals surface area contributed by atoms with E-state index in [1.807, 2.05) is 25.1 Å². The van der Waals surface area contributed by atoms with Crippen molar-refractivity contribution in [3.63, 3.8) is 0 Å². The molecule has 0 bridgehead atoms. The van der Waals surface area contributed by atoms with Gasteiger partial charge in [0.2, 0.25) is 11.8 Å². The van der Waals surface area contributed by atoms with Gasteiger partial charge >= 0.3 is 0 Å². The molecule has 3 fully saturated rings. The number of phenols is 1. The highest BCUT2D eigenvalue weighted by atomic mass is 35.5. The summed E-state index contributed by atoms with van der Waals surface area (Å²) in [4.78, 5) is 60.2. The molecule has 12 heteroatoms. The summed E-state index contributed by atoms with van der Waals surface area (Å²) in [6.07, 6.45) is 3.05. The molecule has 4 aromatic carbocycles. The molecule has 4 aromatic rings. The van der Waals surface area contributed by atoms with Crippen LogP contribution in [0.1, 0.15) is 42.4 Å². The molecule has 4 aliphatic rings. The van der Waals surface area contributed by atoms with Crippen molar-refractivity contribution < 1.29 is 29.0 Å². The minimum absolute atomic E-state index is 0.0790. The summed E-state index contributed by atoms with van der Waals surface area (Å²) in [7, 11) is 1.53. The number of aryl methyl sites for hydroxylation is 1. The fourth-order valence-electron chi connectivity index (χ4n) is 9.08. The molecule has 0 aromatic heterocycles. The quantitative estimate of drug-likeness (QED) is 0.144. The average Bonchev–Trinajstić information content (AvgIpc) is 3.54. The van der Waals surface area contributed by atoms with Crippen molar-refractivity contribution in [2.45, 2.75) is 37.5 Å². The molecular formula is C41H34Cl3N3O6. The Kier molecular flexibility index (Phi) is 8.79. The van der Waals surface area contributed by atoms with Gasteiger partial charge in [0.1, 0.15) is 11.5 Å². The Labute approximate surface area is 321 Å². The number of nitrogens with one attached hydrogen (secondary N) is 1. The maximum absolute atomic E-state index is 15.4. The van der Waals surface area contributed by atoms with Gasteiger partial charge in [-0.05, 0) is 97.0 Å². The van der Waals surface area contributed by atoms with Crippen molar-refractivity contribution >= 4 is 69.8 Å². The number of hydrogen-bond donors (Lipinski definition) is 2. The lowest BCUT2D eigenvalue weighted by Crippen LogP contribution is -2.53. The third-order valence-corrected chi connectivity index (χ3v) is 12.3.